The normalized spacial score (nSPS) is 13.2. The highest BCUT2D eigenvalue weighted by atomic mass is 79.9. The van der Waals surface area contributed by atoms with Gasteiger partial charge in [-0.3, -0.25) is 0 Å². The highest BCUT2D eigenvalue weighted by molar-refractivity contribution is 9.10. The summed E-state index contributed by atoms with van der Waals surface area (Å²) in [5, 5.41) is 10.3. The topological polar surface area (TPSA) is 23.5 Å². The third-order valence-corrected chi connectivity index (χ3v) is 4.62. The minimum atomic E-state index is -0.362. The van der Waals surface area contributed by atoms with E-state index in [1.54, 1.807) is 0 Å². The highest BCUT2D eigenvalue weighted by Crippen LogP contribution is 2.20. The van der Waals surface area contributed by atoms with Crippen LogP contribution in [0.1, 0.15) is 51.7 Å². The molecule has 0 aliphatic rings. The summed E-state index contributed by atoms with van der Waals surface area (Å²) in [6, 6.07) is 7.96. The Labute approximate surface area is 132 Å². The molecule has 1 aromatic carbocycles. The number of benzene rings is 1. The lowest BCUT2D eigenvalue weighted by Gasteiger charge is -2.26. The van der Waals surface area contributed by atoms with Crippen LogP contribution in [0.2, 0.25) is 0 Å². The summed E-state index contributed by atoms with van der Waals surface area (Å²) in [6.45, 7) is 9.90. The Hall–Kier alpha value is -0.380. The van der Waals surface area contributed by atoms with Crippen LogP contribution in [0.15, 0.2) is 28.7 Å². The summed E-state index contributed by atoms with van der Waals surface area (Å²) in [5.41, 5.74) is 1.01. The SMILES string of the molecule is CCC(CC)CN(CC)CCC(O)c1ccc(Br)cc1. The van der Waals surface area contributed by atoms with Crippen LogP contribution in [-0.4, -0.2) is 29.6 Å². The smallest absolute Gasteiger partial charge is 0.0802 e. The van der Waals surface area contributed by atoms with Crippen molar-refractivity contribution >= 4 is 15.9 Å². The lowest BCUT2D eigenvalue weighted by molar-refractivity contribution is 0.136. The van der Waals surface area contributed by atoms with Gasteiger partial charge in [0.2, 0.25) is 0 Å². The minimum absolute atomic E-state index is 0.362. The van der Waals surface area contributed by atoms with Gasteiger partial charge in [0, 0.05) is 17.6 Å². The van der Waals surface area contributed by atoms with Crippen molar-refractivity contribution < 1.29 is 5.11 Å². The van der Waals surface area contributed by atoms with Crippen LogP contribution in [0, 0.1) is 5.92 Å². The highest BCUT2D eigenvalue weighted by Gasteiger charge is 2.13. The van der Waals surface area contributed by atoms with Crippen LogP contribution in [0.5, 0.6) is 0 Å². The Morgan fingerprint density at radius 2 is 1.70 bits per heavy atom. The molecule has 1 aromatic rings. The van der Waals surface area contributed by atoms with Crippen LogP contribution in [0.4, 0.5) is 0 Å². The molecule has 3 heteroatoms. The van der Waals surface area contributed by atoms with Gasteiger partial charge >= 0.3 is 0 Å². The van der Waals surface area contributed by atoms with Crippen LogP contribution in [-0.2, 0) is 0 Å². The van der Waals surface area contributed by atoms with E-state index in [2.05, 4.69) is 41.6 Å². The fourth-order valence-electron chi connectivity index (χ4n) is 2.45. The van der Waals surface area contributed by atoms with Crippen molar-refractivity contribution in [3.05, 3.63) is 34.3 Å². The van der Waals surface area contributed by atoms with E-state index in [0.29, 0.717) is 0 Å². The Morgan fingerprint density at radius 1 is 1.10 bits per heavy atom. The number of halogens is 1. The molecule has 0 saturated carbocycles. The quantitative estimate of drug-likeness (QED) is 0.707. The standard InChI is InChI=1S/C17H28BrNO/c1-4-14(5-2)13-19(6-3)12-11-17(20)15-7-9-16(18)10-8-15/h7-10,14,17,20H,4-6,11-13H2,1-3H3. The summed E-state index contributed by atoms with van der Waals surface area (Å²) in [6.07, 6.45) is 2.92. The third-order valence-electron chi connectivity index (χ3n) is 4.09. The summed E-state index contributed by atoms with van der Waals surface area (Å²) in [7, 11) is 0. The van der Waals surface area contributed by atoms with Crippen LogP contribution in [0.25, 0.3) is 0 Å². The molecule has 0 spiro atoms. The molecule has 0 heterocycles. The maximum Gasteiger partial charge on any atom is 0.0802 e. The zero-order valence-corrected chi connectivity index (χ0v) is 14.6. The number of aliphatic hydroxyl groups excluding tert-OH is 1. The molecule has 0 bridgehead atoms. The van der Waals surface area contributed by atoms with E-state index in [9.17, 15) is 5.11 Å². The molecule has 1 unspecified atom stereocenters. The monoisotopic (exact) mass is 341 g/mol. The number of hydrogen-bond donors (Lipinski definition) is 1. The summed E-state index contributed by atoms with van der Waals surface area (Å²) < 4.78 is 1.05. The van der Waals surface area contributed by atoms with Gasteiger partial charge in [-0.25, -0.2) is 0 Å². The first-order valence-electron chi connectivity index (χ1n) is 7.76. The first-order chi connectivity index (χ1) is 9.60. The van der Waals surface area contributed by atoms with E-state index in [1.807, 2.05) is 24.3 Å². The van der Waals surface area contributed by atoms with E-state index < -0.39 is 0 Å². The van der Waals surface area contributed by atoms with Gasteiger partial charge in [0.25, 0.3) is 0 Å². The maximum absolute atomic E-state index is 10.3. The second-order valence-corrected chi connectivity index (χ2v) is 6.35. The first kappa shape index (κ1) is 17.7. The van der Waals surface area contributed by atoms with E-state index in [0.717, 1.165) is 42.0 Å². The Balaban J connectivity index is 2.45. The molecule has 0 aliphatic carbocycles. The van der Waals surface area contributed by atoms with Crippen LogP contribution < -0.4 is 0 Å². The molecule has 1 rings (SSSR count). The molecule has 0 amide bonds. The molecule has 0 radical (unpaired) electrons. The van der Waals surface area contributed by atoms with Gasteiger partial charge in [-0.2, -0.15) is 0 Å². The van der Waals surface area contributed by atoms with Gasteiger partial charge in [-0.15, -0.1) is 0 Å². The fraction of sp³-hybridized carbons (Fsp3) is 0.647. The van der Waals surface area contributed by atoms with E-state index in [1.165, 1.54) is 12.8 Å². The lowest BCUT2D eigenvalue weighted by atomic mass is 10.0. The van der Waals surface area contributed by atoms with Gasteiger partial charge in [0.1, 0.15) is 0 Å². The number of rotatable bonds is 9. The van der Waals surface area contributed by atoms with E-state index in [4.69, 9.17) is 0 Å². The number of aliphatic hydroxyl groups is 1. The van der Waals surface area contributed by atoms with Gasteiger partial charge < -0.3 is 10.0 Å². The van der Waals surface area contributed by atoms with Crippen LogP contribution in [0.3, 0.4) is 0 Å². The largest absolute Gasteiger partial charge is 0.388 e. The van der Waals surface area contributed by atoms with Crippen molar-refractivity contribution in [1.82, 2.24) is 4.90 Å². The van der Waals surface area contributed by atoms with Gasteiger partial charge in [-0.1, -0.05) is 61.7 Å². The molecule has 1 atom stereocenters. The zero-order valence-electron chi connectivity index (χ0n) is 13.0. The lowest BCUT2D eigenvalue weighted by Crippen LogP contribution is -2.31. The number of hydrogen-bond acceptors (Lipinski definition) is 2. The summed E-state index contributed by atoms with van der Waals surface area (Å²) in [5.74, 6) is 0.778. The molecule has 0 aliphatic heterocycles. The van der Waals surface area contributed by atoms with Crippen molar-refractivity contribution in [2.75, 3.05) is 19.6 Å². The van der Waals surface area contributed by atoms with Crippen LogP contribution >= 0.6 is 15.9 Å². The van der Waals surface area contributed by atoms with E-state index in [-0.39, 0.29) is 6.10 Å². The van der Waals surface area contributed by atoms with Gasteiger partial charge in [0.05, 0.1) is 6.10 Å². The minimum Gasteiger partial charge on any atom is -0.388 e. The Morgan fingerprint density at radius 3 is 2.20 bits per heavy atom. The predicted octanol–water partition coefficient (Wildman–Crippen LogP) is 4.63. The molecular weight excluding hydrogens is 314 g/mol. The molecule has 0 saturated heterocycles. The van der Waals surface area contributed by atoms with E-state index >= 15 is 0 Å². The second kappa shape index (κ2) is 9.54. The predicted molar refractivity (Wildman–Crippen MR) is 89.9 cm³/mol. The Kier molecular flexibility index (Phi) is 8.43. The summed E-state index contributed by atoms with van der Waals surface area (Å²) >= 11 is 3.42. The third kappa shape index (κ3) is 5.94. The summed E-state index contributed by atoms with van der Waals surface area (Å²) in [4.78, 5) is 2.46. The van der Waals surface area contributed by atoms with Gasteiger partial charge in [0.15, 0.2) is 0 Å². The molecule has 114 valence electrons. The molecule has 1 N–H and O–H groups in total. The van der Waals surface area contributed by atoms with Crippen molar-refractivity contribution in [3.8, 4) is 0 Å². The van der Waals surface area contributed by atoms with Crippen molar-refractivity contribution in [1.29, 1.82) is 0 Å². The van der Waals surface area contributed by atoms with Crippen molar-refractivity contribution in [2.45, 2.75) is 46.1 Å². The zero-order chi connectivity index (χ0) is 15.0. The molecule has 2 nitrogen and oxygen atoms in total. The molecule has 0 fully saturated rings. The van der Waals surface area contributed by atoms with Crippen molar-refractivity contribution in [3.63, 3.8) is 0 Å². The van der Waals surface area contributed by atoms with Gasteiger partial charge in [-0.05, 0) is 36.6 Å². The average molecular weight is 342 g/mol. The average Bonchev–Trinajstić information content (AvgIpc) is 2.48. The number of nitrogens with zero attached hydrogens (tertiary/aromatic N) is 1. The molecule has 20 heavy (non-hydrogen) atoms. The maximum atomic E-state index is 10.3. The second-order valence-electron chi connectivity index (χ2n) is 5.43. The first-order valence-corrected chi connectivity index (χ1v) is 8.55. The van der Waals surface area contributed by atoms with Crippen molar-refractivity contribution in [2.24, 2.45) is 5.92 Å². The Bertz CT molecular complexity index is 362. The molecular formula is C17H28BrNO. The fourth-order valence-corrected chi connectivity index (χ4v) is 2.71. The molecule has 0 aromatic heterocycles.